The number of nitrogens with zero attached hydrogens (tertiary/aromatic N) is 2. The van der Waals surface area contributed by atoms with Gasteiger partial charge in [0.2, 0.25) is 0 Å². The van der Waals surface area contributed by atoms with Crippen LogP contribution in [-0.2, 0) is 0 Å². The summed E-state index contributed by atoms with van der Waals surface area (Å²) in [6.07, 6.45) is 2.43. The lowest BCUT2D eigenvalue weighted by molar-refractivity contribution is 0.531. The van der Waals surface area contributed by atoms with Gasteiger partial charge in [-0.3, -0.25) is 0 Å². The van der Waals surface area contributed by atoms with Crippen LogP contribution in [0.1, 0.15) is 18.4 Å². The van der Waals surface area contributed by atoms with Crippen LogP contribution in [0.5, 0.6) is 0 Å². The van der Waals surface area contributed by atoms with Gasteiger partial charge in [0.15, 0.2) is 0 Å². The molecule has 0 saturated carbocycles. The van der Waals surface area contributed by atoms with Gasteiger partial charge in [-0.1, -0.05) is 29.8 Å². The van der Waals surface area contributed by atoms with Crippen molar-refractivity contribution >= 4 is 11.8 Å². The Labute approximate surface area is 124 Å². The van der Waals surface area contributed by atoms with E-state index in [2.05, 4.69) is 58.8 Å². The van der Waals surface area contributed by atoms with E-state index in [0.717, 1.165) is 29.4 Å². The average Bonchev–Trinajstić information content (AvgIpc) is 2.50. The van der Waals surface area contributed by atoms with Crippen LogP contribution < -0.4 is 5.32 Å². The molecule has 4 heteroatoms. The third kappa shape index (κ3) is 3.38. The Hall–Kier alpha value is -1.39. The number of piperidine rings is 1. The molecule has 20 heavy (non-hydrogen) atoms. The summed E-state index contributed by atoms with van der Waals surface area (Å²) < 4.78 is 0. The SMILES string of the molecule is Cc1ccc(-c2ccc(SC3CCNCC3)nn2)cc1. The number of hydrogen-bond acceptors (Lipinski definition) is 4. The van der Waals surface area contributed by atoms with E-state index in [9.17, 15) is 0 Å². The minimum absolute atomic E-state index is 0.677. The third-order valence-electron chi connectivity index (χ3n) is 3.56. The Morgan fingerprint density at radius 3 is 2.40 bits per heavy atom. The number of thioether (sulfide) groups is 1. The highest BCUT2D eigenvalue weighted by Gasteiger charge is 2.15. The second-order valence-electron chi connectivity index (χ2n) is 5.19. The summed E-state index contributed by atoms with van der Waals surface area (Å²) in [6, 6.07) is 12.6. The lowest BCUT2D eigenvalue weighted by Crippen LogP contribution is -2.29. The van der Waals surface area contributed by atoms with Crippen LogP contribution in [0, 0.1) is 6.92 Å². The monoisotopic (exact) mass is 285 g/mol. The van der Waals surface area contributed by atoms with Gasteiger partial charge in [-0.2, -0.15) is 0 Å². The normalized spacial score (nSPS) is 16.2. The van der Waals surface area contributed by atoms with E-state index in [1.54, 1.807) is 0 Å². The van der Waals surface area contributed by atoms with Crippen LogP contribution in [0.25, 0.3) is 11.3 Å². The first-order valence-corrected chi connectivity index (χ1v) is 7.97. The summed E-state index contributed by atoms with van der Waals surface area (Å²) in [4.78, 5) is 0. The second kappa shape index (κ2) is 6.37. The van der Waals surface area contributed by atoms with Crippen LogP contribution in [-0.4, -0.2) is 28.5 Å². The Kier molecular flexibility index (Phi) is 4.33. The molecular formula is C16H19N3S. The van der Waals surface area contributed by atoms with E-state index < -0.39 is 0 Å². The van der Waals surface area contributed by atoms with E-state index in [4.69, 9.17) is 0 Å². The molecule has 1 N–H and O–H groups in total. The van der Waals surface area contributed by atoms with Crippen molar-refractivity contribution in [1.82, 2.24) is 15.5 Å². The molecule has 0 atom stereocenters. The van der Waals surface area contributed by atoms with Crippen LogP contribution in [0.4, 0.5) is 0 Å². The molecule has 1 saturated heterocycles. The standard InChI is InChI=1S/C16H19N3S/c1-12-2-4-13(5-3-12)15-6-7-16(19-18-15)20-14-8-10-17-11-9-14/h2-7,14,17H,8-11H2,1H3. The highest BCUT2D eigenvalue weighted by atomic mass is 32.2. The molecule has 0 spiro atoms. The highest BCUT2D eigenvalue weighted by Crippen LogP contribution is 2.27. The molecule has 2 heterocycles. The maximum absolute atomic E-state index is 4.36. The van der Waals surface area contributed by atoms with E-state index in [0.29, 0.717) is 5.25 Å². The fourth-order valence-corrected chi connectivity index (χ4v) is 3.39. The minimum Gasteiger partial charge on any atom is -0.317 e. The van der Waals surface area contributed by atoms with Gasteiger partial charge in [0.25, 0.3) is 0 Å². The lowest BCUT2D eigenvalue weighted by Gasteiger charge is -2.21. The van der Waals surface area contributed by atoms with E-state index >= 15 is 0 Å². The summed E-state index contributed by atoms with van der Waals surface area (Å²) in [7, 11) is 0. The molecule has 3 rings (SSSR count). The maximum atomic E-state index is 4.36. The number of benzene rings is 1. The van der Waals surface area contributed by atoms with Gasteiger partial charge in [-0.05, 0) is 45.0 Å². The molecule has 0 radical (unpaired) electrons. The first-order chi connectivity index (χ1) is 9.81. The smallest absolute Gasteiger partial charge is 0.119 e. The molecule has 0 aliphatic carbocycles. The van der Waals surface area contributed by atoms with Gasteiger partial charge in [0.1, 0.15) is 5.03 Å². The summed E-state index contributed by atoms with van der Waals surface area (Å²) in [5.74, 6) is 0. The minimum atomic E-state index is 0.677. The number of aromatic nitrogens is 2. The van der Waals surface area contributed by atoms with E-state index in [1.807, 2.05) is 11.8 Å². The van der Waals surface area contributed by atoms with Gasteiger partial charge in [0.05, 0.1) is 5.69 Å². The fraction of sp³-hybridized carbons (Fsp3) is 0.375. The number of aryl methyl sites for hydroxylation is 1. The van der Waals surface area contributed by atoms with Gasteiger partial charge in [0, 0.05) is 10.8 Å². The lowest BCUT2D eigenvalue weighted by atomic mass is 10.1. The van der Waals surface area contributed by atoms with Gasteiger partial charge >= 0.3 is 0 Å². The van der Waals surface area contributed by atoms with Crippen molar-refractivity contribution in [1.29, 1.82) is 0 Å². The summed E-state index contributed by atoms with van der Waals surface area (Å²) in [5, 5.41) is 13.8. The molecule has 3 nitrogen and oxygen atoms in total. The molecule has 1 aliphatic rings. The molecule has 1 aliphatic heterocycles. The van der Waals surface area contributed by atoms with Crippen LogP contribution in [0.2, 0.25) is 0 Å². The molecule has 104 valence electrons. The van der Waals surface area contributed by atoms with Crippen LogP contribution in [0.3, 0.4) is 0 Å². The highest BCUT2D eigenvalue weighted by molar-refractivity contribution is 7.99. The van der Waals surface area contributed by atoms with Crippen molar-refractivity contribution in [2.45, 2.75) is 30.0 Å². The number of nitrogens with one attached hydrogen (secondary N) is 1. The molecule has 1 aromatic carbocycles. The van der Waals surface area contributed by atoms with Gasteiger partial charge < -0.3 is 5.32 Å². The van der Waals surface area contributed by atoms with Crippen molar-refractivity contribution in [3.63, 3.8) is 0 Å². The topological polar surface area (TPSA) is 37.8 Å². The van der Waals surface area contributed by atoms with Gasteiger partial charge in [-0.15, -0.1) is 22.0 Å². The largest absolute Gasteiger partial charge is 0.317 e. The van der Waals surface area contributed by atoms with Crippen molar-refractivity contribution < 1.29 is 0 Å². The maximum Gasteiger partial charge on any atom is 0.119 e. The zero-order valence-corrected chi connectivity index (χ0v) is 12.5. The Balaban J connectivity index is 1.69. The zero-order chi connectivity index (χ0) is 13.8. The van der Waals surface area contributed by atoms with Crippen molar-refractivity contribution in [3.05, 3.63) is 42.0 Å². The van der Waals surface area contributed by atoms with Crippen molar-refractivity contribution in [3.8, 4) is 11.3 Å². The Bertz CT molecular complexity index is 545. The second-order valence-corrected chi connectivity index (χ2v) is 6.51. The average molecular weight is 285 g/mol. The predicted molar refractivity (Wildman–Crippen MR) is 84.0 cm³/mol. The van der Waals surface area contributed by atoms with Crippen molar-refractivity contribution in [2.24, 2.45) is 0 Å². The van der Waals surface area contributed by atoms with Crippen LogP contribution in [0.15, 0.2) is 41.4 Å². The number of rotatable bonds is 3. The molecular weight excluding hydrogens is 266 g/mol. The number of hydrogen-bond donors (Lipinski definition) is 1. The van der Waals surface area contributed by atoms with E-state index in [1.165, 1.54) is 18.4 Å². The van der Waals surface area contributed by atoms with Crippen LogP contribution >= 0.6 is 11.8 Å². The molecule has 1 aromatic heterocycles. The molecule has 2 aromatic rings. The first-order valence-electron chi connectivity index (χ1n) is 7.09. The third-order valence-corrected chi connectivity index (χ3v) is 4.82. The quantitative estimate of drug-likeness (QED) is 0.939. The summed E-state index contributed by atoms with van der Waals surface area (Å²) in [5.41, 5.74) is 3.33. The van der Waals surface area contributed by atoms with E-state index in [-0.39, 0.29) is 0 Å². The fourth-order valence-electron chi connectivity index (χ4n) is 2.35. The molecule has 0 bridgehead atoms. The van der Waals surface area contributed by atoms with Crippen molar-refractivity contribution in [2.75, 3.05) is 13.1 Å². The molecule has 0 unspecified atom stereocenters. The molecule has 1 fully saturated rings. The predicted octanol–water partition coefficient (Wildman–Crippen LogP) is 3.30. The summed E-state index contributed by atoms with van der Waals surface area (Å²) in [6.45, 7) is 4.33. The zero-order valence-electron chi connectivity index (χ0n) is 11.7. The van der Waals surface area contributed by atoms with Gasteiger partial charge in [-0.25, -0.2) is 0 Å². The Morgan fingerprint density at radius 2 is 1.75 bits per heavy atom. The summed E-state index contributed by atoms with van der Waals surface area (Å²) >= 11 is 1.86. The molecule has 0 amide bonds. The Morgan fingerprint density at radius 1 is 1.00 bits per heavy atom. The first kappa shape index (κ1) is 13.6.